The summed E-state index contributed by atoms with van der Waals surface area (Å²) in [5, 5.41) is -0.718. The number of fused-ring (bicyclic) bond motifs is 2. The Labute approximate surface area is 209 Å². The molecule has 8 nitrogen and oxygen atoms in total. The molecule has 2 aliphatic heterocycles. The van der Waals surface area contributed by atoms with Crippen LogP contribution in [0.1, 0.15) is 29.0 Å². The van der Waals surface area contributed by atoms with E-state index in [0.717, 1.165) is 46.2 Å². The Kier molecular flexibility index (Phi) is 6.07. The Bertz CT molecular complexity index is 1410. The summed E-state index contributed by atoms with van der Waals surface area (Å²) in [4.78, 5) is 52.7. The van der Waals surface area contributed by atoms with Crippen LogP contribution in [0.25, 0.3) is 0 Å². The zero-order valence-electron chi connectivity index (χ0n) is 18.5. The summed E-state index contributed by atoms with van der Waals surface area (Å²) >= 11 is 1.77. The van der Waals surface area contributed by atoms with Gasteiger partial charge < -0.3 is 9.15 Å². The minimum Gasteiger partial charge on any atom is -0.469 e. The number of carbonyl (C=O) groups is 3. The number of ether oxygens (including phenoxy) is 1. The van der Waals surface area contributed by atoms with E-state index in [1.165, 1.54) is 16.9 Å². The van der Waals surface area contributed by atoms with Crippen molar-refractivity contribution in [2.45, 2.75) is 35.8 Å². The number of amides is 2. The highest BCUT2D eigenvalue weighted by atomic mass is 32.2. The van der Waals surface area contributed by atoms with Gasteiger partial charge in [0.05, 0.1) is 45.9 Å². The average Bonchev–Trinajstić information content (AvgIpc) is 3.51. The SMILES string of the molecule is CCOC(=O)Cn1c2c(sc1=O)C(c1ccco1)C1C(=O)N(c3cccc(C(F)(F)F)c3)C(=O)C1S2. The summed E-state index contributed by atoms with van der Waals surface area (Å²) in [6, 6.07) is 7.20. The lowest BCUT2D eigenvalue weighted by molar-refractivity contribution is -0.144. The number of halogens is 3. The summed E-state index contributed by atoms with van der Waals surface area (Å²) in [5.41, 5.74) is -1.19. The van der Waals surface area contributed by atoms with Crippen LogP contribution in [0.2, 0.25) is 0 Å². The molecule has 2 aromatic heterocycles. The highest BCUT2D eigenvalue weighted by molar-refractivity contribution is 8.00. The minimum atomic E-state index is -4.66. The molecule has 0 spiro atoms. The molecule has 0 saturated carbocycles. The van der Waals surface area contributed by atoms with Gasteiger partial charge in [0, 0.05) is 0 Å². The monoisotopic (exact) mass is 538 g/mol. The molecule has 0 bridgehead atoms. The van der Waals surface area contributed by atoms with E-state index >= 15 is 0 Å². The van der Waals surface area contributed by atoms with Crippen LogP contribution in [0, 0.1) is 5.92 Å². The number of nitrogens with zero attached hydrogens (tertiary/aromatic N) is 2. The zero-order chi connectivity index (χ0) is 25.8. The van der Waals surface area contributed by atoms with Crippen molar-refractivity contribution in [2.24, 2.45) is 5.92 Å². The first-order chi connectivity index (χ1) is 17.1. The van der Waals surface area contributed by atoms with Gasteiger partial charge in [-0.05, 0) is 37.3 Å². The quantitative estimate of drug-likeness (QED) is 0.359. The molecular formula is C23H17F3N2O6S2. The van der Waals surface area contributed by atoms with E-state index in [1.807, 2.05) is 0 Å². The highest BCUT2D eigenvalue weighted by Gasteiger charge is 2.57. The van der Waals surface area contributed by atoms with E-state index < -0.39 is 51.5 Å². The number of hydrogen-bond donors (Lipinski definition) is 0. The van der Waals surface area contributed by atoms with Gasteiger partial charge >= 0.3 is 17.0 Å². The molecule has 1 saturated heterocycles. The van der Waals surface area contributed by atoms with Crippen LogP contribution >= 0.6 is 23.1 Å². The van der Waals surface area contributed by atoms with Gasteiger partial charge in [-0.15, -0.1) is 0 Å². The predicted molar refractivity (Wildman–Crippen MR) is 123 cm³/mol. The molecule has 1 fully saturated rings. The second kappa shape index (κ2) is 8.96. The number of benzene rings is 1. The Balaban J connectivity index is 1.60. The van der Waals surface area contributed by atoms with E-state index in [0.29, 0.717) is 15.7 Å². The maximum absolute atomic E-state index is 13.6. The standard InChI is InChI=1S/C23H17F3N2O6S2/c1-2-33-14(29)10-27-21-18(36-22(27)32)15(13-7-4-8-34-13)16-17(35-21)20(31)28(19(16)30)12-6-3-5-11(9-12)23(24,25)26/h3-9,15-17H,2,10H2,1H3. The van der Waals surface area contributed by atoms with Crippen molar-refractivity contribution < 1.29 is 36.7 Å². The largest absolute Gasteiger partial charge is 0.469 e. The van der Waals surface area contributed by atoms with Gasteiger partial charge in [-0.1, -0.05) is 29.2 Å². The fraction of sp³-hybridized carbons (Fsp3) is 0.304. The van der Waals surface area contributed by atoms with Crippen LogP contribution < -0.4 is 9.77 Å². The lowest BCUT2D eigenvalue weighted by atomic mass is 9.87. The summed E-state index contributed by atoms with van der Waals surface area (Å²) in [5.74, 6) is -3.58. The van der Waals surface area contributed by atoms with Gasteiger partial charge in [0.25, 0.3) is 0 Å². The highest BCUT2D eigenvalue weighted by Crippen LogP contribution is 2.54. The van der Waals surface area contributed by atoms with Crippen molar-refractivity contribution >= 4 is 46.6 Å². The average molecular weight is 539 g/mol. The number of thioether (sulfide) groups is 1. The van der Waals surface area contributed by atoms with Gasteiger partial charge in [-0.2, -0.15) is 13.2 Å². The summed E-state index contributed by atoms with van der Waals surface area (Å²) < 4.78 is 51.6. The van der Waals surface area contributed by atoms with Crippen molar-refractivity contribution in [3.05, 3.63) is 68.5 Å². The molecule has 4 heterocycles. The Morgan fingerprint density at radius 2 is 1.92 bits per heavy atom. The van der Waals surface area contributed by atoms with Crippen molar-refractivity contribution in [1.29, 1.82) is 0 Å². The molecule has 36 heavy (non-hydrogen) atoms. The number of imide groups is 1. The molecule has 3 unspecified atom stereocenters. The molecule has 0 N–H and O–H groups in total. The first-order valence-corrected chi connectivity index (χ1v) is 12.5. The topological polar surface area (TPSA) is 98.8 Å². The van der Waals surface area contributed by atoms with Crippen molar-refractivity contribution in [2.75, 3.05) is 11.5 Å². The van der Waals surface area contributed by atoms with Gasteiger partial charge in [0.2, 0.25) is 11.8 Å². The van der Waals surface area contributed by atoms with Crippen LogP contribution in [0.4, 0.5) is 18.9 Å². The molecule has 13 heteroatoms. The number of carbonyl (C=O) groups excluding carboxylic acids is 3. The van der Waals surface area contributed by atoms with E-state index in [9.17, 15) is 32.3 Å². The number of furan rings is 1. The second-order valence-corrected chi connectivity index (χ2v) is 10.2. The molecule has 3 aromatic rings. The molecule has 2 amide bonds. The summed E-state index contributed by atoms with van der Waals surface area (Å²) in [7, 11) is 0. The van der Waals surface area contributed by atoms with Crippen molar-refractivity contribution in [3.8, 4) is 0 Å². The first-order valence-electron chi connectivity index (χ1n) is 10.8. The Hall–Kier alpha value is -3.32. The number of aromatic nitrogens is 1. The van der Waals surface area contributed by atoms with Crippen LogP contribution in [0.3, 0.4) is 0 Å². The third-order valence-electron chi connectivity index (χ3n) is 5.92. The third-order valence-corrected chi connectivity index (χ3v) is 8.53. The van der Waals surface area contributed by atoms with Gasteiger partial charge in [-0.25, -0.2) is 4.90 Å². The number of anilines is 1. The smallest absolute Gasteiger partial charge is 0.416 e. The van der Waals surface area contributed by atoms with Crippen LogP contribution in [0.5, 0.6) is 0 Å². The van der Waals surface area contributed by atoms with E-state index in [1.54, 1.807) is 19.1 Å². The second-order valence-electron chi connectivity index (χ2n) is 8.05. The van der Waals surface area contributed by atoms with Crippen LogP contribution in [-0.2, 0) is 31.8 Å². The fourth-order valence-corrected chi connectivity index (χ4v) is 7.19. The normalized spacial score (nSPS) is 21.4. The number of alkyl halides is 3. The maximum atomic E-state index is 13.6. The zero-order valence-corrected chi connectivity index (χ0v) is 20.1. The number of rotatable bonds is 5. The fourth-order valence-electron chi connectivity index (χ4n) is 4.44. The van der Waals surface area contributed by atoms with Crippen molar-refractivity contribution in [1.82, 2.24) is 4.57 Å². The third kappa shape index (κ3) is 3.95. The molecule has 0 aliphatic carbocycles. The van der Waals surface area contributed by atoms with E-state index in [-0.39, 0.29) is 18.8 Å². The molecule has 1 aromatic carbocycles. The van der Waals surface area contributed by atoms with Gasteiger partial charge in [0.1, 0.15) is 17.6 Å². The maximum Gasteiger partial charge on any atom is 0.416 e. The summed E-state index contributed by atoms with van der Waals surface area (Å²) in [6.45, 7) is 1.36. The molecule has 0 radical (unpaired) electrons. The Morgan fingerprint density at radius 1 is 1.14 bits per heavy atom. The molecular weight excluding hydrogens is 521 g/mol. The number of thiazole rings is 1. The van der Waals surface area contributed by atoms with Crippen molar-refractivity contribution in [3.63, 3.8) is 0 Å². The van der Waals surface area contributed by atoms with Crippen LogP contribution in [-0.4, -0.2) is 34.2 Å². The molecule has 2 aliphatic rings. The number of hydrogen-bond acceptors (Lipinski definition) is 8. The molecule has 5 rings (SSSR count). The van der Waals surface area contributed by atoms with E-state index in [4.69, 9.17) is 9.15 Å². The van der Waals surface area contributed by atoms with E-state index in [2.05, 4.69) is 0 Å². The van der Waals surface area contributed by atoms with Crippen LogP contribution in [0.15, 0.2) is 56.9 Å². The van der Waals surface area contributed by atoms with Gasteiger partial charge in [-0.3, -0.25) is 23.7 Å². The first kappa shape index (κ1) is 24.4. The molecule has 3 atom stereocenters. The lowest BCUT2D eigenvalue weighted by Gasteiger charge is -2.28. The Morgan fingerprint density at radius 3 is 2.58 bits per heavy atom. The summed E-state index contributed by atoms with van der Waals surface area (Å²) in [6.07, 6.45) is -3.27. The number of esters is 1. The lowest BCUT2D eigenvalue weighted by Crippen LogP contribution is -2.32. The minimum absolute atomic E-state index is 0.117. The molecule has 188 valence electrons. The van der Waals surface area contributed by atoms with Gasteiger partial charge in [0.15, 0.2) is 0 Å². The predicted octanol–water partition coefficient (Wildman–Crippen LogP) is 3.88.